The predicted molar refractivity (Wildman–Crippen MR) is 107 cm³/mol. The van der Waals surface area contributed by atoms with Gasteiger partial charge >= 0.3 is 0 Å². The van der Waals surface area contributed by atoms with Crippen LogP contribution in [0.2, 0.25) is 0 Å². The van der Waals surface area contributed by atoms with E-state index in [9.17, 15) is 8.42 Å². The number of hydrogen-bond acceptors (Lipinski definition) is 4. The Kier molecular flexibility index (Phi) is 5.89. The molecule has 2 aromatic rings. The van der Waals surface area contributed by atoms with Gasteiger partial charge in [-0.25, -0.2) is 13.1 Å². The van der Waals surface area contributed by atoms with Crippen molar-refractivity contribution in [3.8, 4) is 5.75 Å². The highest BCUT2D eigenvalue weighted by Gasteiger charge is 2.25. The van der Waals surface area contributed by atoms with Gasteiger partial charge in [0.2, 0.25) is 10.0 Å². The van der Waals surface area contributed by atoms with E-state index in [-0.39, 0.29) is 4.90 Å². The molecule has 26 heavy (non-hydrogen) atoms. The Bertz CT molecular complexity index is 886. The molecule has 1 atom stereocenters. The number of rotatable bonds is 7. The fourth-order valence-corrected chi connectivity index (χ4v) is 5.14. The molecule has 0 saturated heterocycles. The van der Waals surface area contributed by atoms with Crippen molar-refractivity contribution in [2.45, 2.75) is 30.7 Å². The fraction of sp³-hybridized carbons (Fsp3) is 0.368. The summed E-state index contributed by atoms with van der Waals surface area (Å²) in [6, 6.07) is 13.8. The Morgan fingerprint density at radius 3 is 2.81 bits per heavy atom. The van der Waals surface area contributed by atoms with Crippen LogP contribution in [0.4, 0.5) is 5.69 Å². The third-order valence-electron chi connectivity index (χ3n) is 4.63. The highest BCUT2D eigenvalue weighted by atomic mass is 79.9. The molecule has 1 heterocycles. The Labute approximate surface area is 163 Å². The number of nitrogens with one attached hydrogen (secondary N) is 1. The quantitative estimate of drug-likeness (QED) is 0.671. The van der Waals surface area contributed by atoms with Crippen molar-refractivity contribution >= 4 is 31.6 Å². The zero-order valence-corrected chi connectivity index (χ0v) is 17.3. The molecular weight excluding hydrogens is 416 g/mol. The van der Waals surface area contributed by atoms with E-state index in [1.54, 1.807) is 18.2 Å². The molecule has 1 aliphatic rings. The average Bonchev–Trinajstić information content (AvgIpc) is 2.94. The first-order valence-electron chi connectivity index (χ1n) is 8.60. The van der Waals surface area contributed by atoms with Crippen LogP contribution in [0.25, 0.3) is 0 Å². The molecule has 0 aliphatic carbocycles. The maximum absolute atomic E-state index is 12.6. The second-order valence-electron chi connectivity index (χ2n) is 6.42. The lowest BCUT2D eigenvalue weighted by Crippen LogP contribution is -2.33. The number of methoxy groups -OCH3 is 1. The third kappa shape index (κ3) is 4.05. The van der Waals surface area contributed by atoms with Gasteiger partial charge in [0, 0.05) is 29.3 Å². The van der Waals surface area contributed by atoms with Gasteiger partial charge < -0.3 is 9.64 Å². The van der Waals surface area contributed by atoms with Gasteiger partial charge in [0.1, 0.15) is 10.6 Å². The predicted octanol–water partition coefficient (Wildman–Crippen LogP) is 3.58. The van der Waals surface area contributed by atoms with Crippen molar-refractivity contribution in [2.24, 2.45) is 0 Å². The van der Waals surface area contributed by atoms with Crippen LogP contribution < -0.4 is 14.4 Å². The lowest BCUT2D eigenvalue weighted by molar-refractivity contribution is 0.402. The number of para-hydroxylation sites is 1. The maximum atomic E-state index is 12.6. The van der Waals surface area contributed by atoms with Crippen LogP contribution in [0.15, 0.2) is 51.8 Å². The number of anilines is 1. The van der Waals surface area contributed by atoms with Crippen LogP contribution in [-0.2, 0) is 16.4 Å². The normalized spacial score (nSPS) is 16.6. The Hall–Kier alpha value is -1.57. The number of ether oxygens (including phenoxy) is 1. The standard InChI is InChI=1S/C19H23BrN2O3S/c1-14-12-15-6-3-4-7-17(15)22(14)11-5-10-21-26(23,24)19-13-16(20)8-9-18(19)25-2/h3-4,6-9,13-14,21H,5,10-12H2,1-2H3/t14-/m1/s1. The summed E-state index contributed by atoms with van der Waals surface area (Å²) in [5.41, 5.74) is 2.62. The number of nitrogens with zero attached hydrogens (tertiary/aromatic N) is 1. The van der Waals surface area contributed by atoms with E-state index in [1.165, 1.54) is 18.4 Å². The van der Waals surface area contributed by atoms with Crippen molar-refractivity contribution in [3.63, 3.8) is 0 Å². The van der Waals surface area contributed by atoms with Crippen LogP contribution in [0.5, 0.6) is 5.75 Å². The van der Waals surface area contributed by atoms with Gasteiger partial charge in [0.05, 0.1) is 7.11 Å². The second kappa shape index (κ2) is 7.98. The third-order valence-corrected chi connectivity index (χ3v) is 6.61. The Morgan fingerprint density at radius 2 is 2.04 bits per heavy atom. The van der Waals surface area contributed by atoms with Gasteiger partial charge in [0.15, 0.2) is 0 Å². The number of sulfonamides is 1. The largest absolute Gasteiger partial charge is 0.495 e. The zero-order valence-electron chi connectivity index (χ0n) is 14.9. The van der Waals surface area contributed by atoms with E-state index in [0.29, 0.717) is 22.8 Å². The number of fused-ring (bicyclic) bond motifs is 1. The molecule has 1 N–H and O–H groups in total. The summed E-state index contributed by atoms with van der Waals surface area (Å²) < 4.78 is 33.8. The molecule has 140 valence electrons. The lowest BCUT2D eigenvalue weighted by atomic mass is 10.1. The SMILES string of the molecule is COc1ccc(Br)cc1S(=O)(=O)NCCCN1c2ccccc2C[C@H]1C. The van der Waals surface area contributed by atoms with E-state index in [1.807, 2.05) is 6.07 Å². The summed E-state index contributed by atoms with van der Waals surface area (Å²) in [4.78, 5) is 2.50. The minimum atomic E-state index is -3.62. The first-order valence-corrected chi connectivity index (χ1v) is 10.9. The van der Waals surface area contributed by atoms with E-state index >= 15 is 0 Å². The van der Waals surface area contributed by atoms with Crippen molar-refractivity contribution in [1.82, 2.24) is 4.72 Å². The molecule has 7 heteroatoms. The monoisotopic (exact) mass is 438 g/mol. The summed E-state index contributed by atoms with van der Waals surface area (Å²) in [5.74, 6) is 0.336. The van der Waals surface area contributed by atoms with E-state index < -0.39 is 10.0 Å². The summed E-state index contributed by atoms with van der Waals surface area (Å²) >= 11 is 3.31. The summed E-state index contributed by atoms with van der Waals surface area (Å²) in [6.07, 6.45) is 1.77. The number of benzene rings is 2. The average molecular weight is 439 g/mol. The number of hydrogen-bond donors (Lipinski definition) is 1. The van der Waals surface area contributed by atoms with Gasteiger partial charge in [-0.2, -0.15) is 0 Å². The van der Waals surface area contributed by atoms with Crippen LogP contribution in [0.1, 0.15) is 18.9 Å². The maximum Gasteiger partial charge on any atom is 0.244 e. The first kappa shape index (κ1) is 19.2. The second-order valence-corrected chi connectivity index (χ2v) is 9.07. The van der Waals surface area contributed by atoms with E-state index in [0.717, 1.165) is 19.4 Å². The molecule has 5 nitrogen and oxygen atoms in total. The van der Waals surface area contributed by atoms with Gasteiger partial charge in [-0.05, 0) is 49.6 Å². The minimum absolute atomic E-state index is 0.147. The summed E-state index contributed by atoms with van der Waals surface area (Å²) in [6.45, 7) is 3.40. The van der Waals surface area contributed by atoms with E-state index in [2.05, 4.69) is 50.7 Å². The number of halogens is 1. The molecule has 0 spiro atoms. The lowest BCUT2D eigenvalue weighted by Gasteiger charge is -2.25. The minimum Gasteiger partial charge on any atom is -0.495 e. The van der Waals surface area contributed by atoms with Crippen molar-refractivity contribution in [1.29, 1.82) is 0 Å². The van der Waals surface area contributed by atoms with E-state index in [4.69, 9.17) is 4.74 Å². The first-order chi connectivity index (χ1) is 12.4. The molecule has 0 amide bonds. The van der Waals surface area contributed by atoms with Crippen molar-refractivity contribution in [3.05, 3.63) is 52.5 Å². The molecule has 3 rings (SSSR count). The van der Waals surface area contributed by atoms with Gasteiger partial charge in [-0.15, -0.1) is 0 Å². The highest BCUT2D eigenvalue weighted by Crippen LogP contribution is 2.31. The highest BCUT2D eigenvalue weighted by molar-refractivity contribution is 9.10. The molecule has 0 bridgehead atoms. The van der Waals surface area contributed by atoms with Crippen molar-refractivity contribution in [2.75, 3.05) is 25.1 Å². The summed E-state index contributed by atoms with van der Waals surface area (Å²) in [7, 11) is -2.15. The Morgan fingerprint density at radius 1 is 1.27 bits per heavy atom. The zero-order chi connectivity index (χ0) is 18.7. The molecule has 0 unspecified atom stereocenters. The van der Waals surface area contributed by atoms with Gasteiger partial charge in [0.25, 0.3) is 0 Å². The van der Waals surface area contributed by atoms with Gasteiger partial charge in [-0.1, -0.05) is 34.1 Å². The van der Waals surface area contributed by atoms with Crippen LogP contribution in [-0.4, -0.2) is 34.7 Å². The van der Waals surface area contributed by atoms with Gasteiger partial charge in [-0.3, -0.25) is 0 Å². The van der Waals surface area contributed by atoms with Crippen LogP contribution in [0, 0.1) is 0 Å². The summed E-state index contributed by atoms with van der Waals surface area (Å²) in [5, 5.41) is 0. The molecule has 0 fully saturated rings. The van der Waals surface area contributed by atoms with Crippen molar-refractivity contribution < 1.29 is 13.2 Å². The molecule has 0 saturated carbocycles. The smallest absolute Gasteiger partial charge is 0.244 e. The topological polar surface area (TPSA) is 58.6 Å². The van der Waals surface area contributed by atoms with Crippen LogP contribution >= 0.6 is 15.9 Å². The molecule has 0 aromatic heterocycles. The van der Waals surface area contributed by atoms with Crippen LogP contribution in [0.3, 0.4) is 0 Å². The molecule has 1 aliphatic heterocycles. The fourth-order valence-electron chi connectivity index (χ4n) is 3.36. The molecule has 0 radical (unpaired) electrons. The Balaban J connectivity index is 1.61. The molecular formula is C19H23BrN2O3S. The molecule has 2 aromatic carbocycles.